The molecule has 0 aromatic heterocycles. The van der Waals surface area contributed by atoms with Crippen LogP contribution in [0.1, 0.15) is 31.4 Å². The number of hydrogen-bond donors (Lipinski definition) is 0. The van der Waals surface area contributed by atoms with Gasteiger partial charge in [0.25, 0.3) is 0 Å². The van der Waals surface area contributed by atoms with Crippen LogP contribution in [0.25, 0.3) is 0 Å². The Morgan fingerprint density at radius 1 is 0.812 bits per heavy atom. The Balaban J connectivity index is 1.83. The summed E-state index contributed by atoms with van der Waals surface area (Å²) in [5, 5.41) is 0. The molecule has 1 aliphatic rings. The van der Waals surface area contributed by atoms with Crippen molar-refractivity contribution in [2.45, 2.75) is 51.8 Å². The van der Waals surface area contributed by atoms with Crippen LogP contribution in [-0.2, 0) is 46.5 Å². The van der Waals surface area contributed by atoms with Crippen molar-refractivity contribution in [1.29, 1.82) is 0 Å². The van der Waals surface area contributed by atoms with Crippen molar-refractivity contribution in [3.8, 4) is 0 Å². The molecular formula is C25H28O7. The largest absolute Gasteiger partial charge is 0.465 e. The van der Waals surface area contributed by atoms with Crippen molar-refractivity contribution in [3.63, 3.8) is 0 Å². The molecule has 0 saturated heterocycles. The van der Waals surface area contributed by atoms with E-state index in [0.717, 1.165) is 11.1 Å². The first kappa shape index (κ1) is 23.6. The van der Waals surface area contributed by atoms with E-state index in [1.165, 1.54) is 13.8 Å². The fraction of sp³-hybridized carbons (Fsp3) is 0.400. The van der Waals surface area contributed by atoms with Gasteiger partial charge in [-0.2, -0.15) is 0 Å². The van der Waals surface area contributed by atoms with Crippen LogP contribution in [0.2, 0.25) is 0 Å². The highest BCUT2D eigenvalue weighted by molar-refractivity contribution is 5.85. The second-order valence-electron chi connectivity index (χ2n) is 7.79. The number of hydrogen-bond acceptors (Lipinski definition) is 7. The summed E-state index contributed by atoms with van der Waals surface area (Å²) in [4.78, 5) is 36.3. The number of ether oxygens (including phenoxy) is 4. The summed E-state index contributed by atoms with van der Waals surface area (Å²) in [6.45, 7) is 2.97. The van der Waals surface area contributed by atoms with E-state index in [9.17, 15) is 14.4 Å². The zero-order chi connectivity index (χ0) is 22.9. The van der Waals surface area contributed by atoms with E-state index in [4.69, 9.17) is 18.9 Å². The van der Waals surface area contributed by atoms with Gasteiger partial charge in [0, 0.05) is 26.2 Å². The molecule has 0 radical (unpaired) electrons. The fourth-order valence-corrected chi connectivity index (χ4v) is 3.74. The molecule has 0 heterocycles. The molecule has 0 aliphatic heterocycles. The van der Waals surface area contributed by atoms with Crippen LogP contribution < -0.4 is 0 Å². The predicted octanol–water partition coefficient (Wildman–Crippen LogP) is 3.24. The number of Topliss-reactive ketones (excluding diaryl/α,β-unsaturated/α-hetero) is 1. The van der Waals surface area contributed by atoms with Crippen molar-refractivity contribution in [2.75, 3.05) is 6.61 Å². The van der Waals surface area contributed by atoms with Crippen LogP contribution in [0.5, 0.6) is 0 Å². The summed E-state index contributed by atoms with van der Waals surface area (Å²) < 4.78 is 22.8. The lowest BCUT2D eigenvalue weighted by Crippen LogP contribution is -2.56. The zero-order valence-corrected chi connectivity index (χ0v) is 18.3. The minimum absolute atomic E-state index is 0.0460. The summed E-state index contributed by atoms with van der Waals surface area (Å²) in [6, 6.07) is 19.0. The van der Waals surface area contributed by atoms with Gasteiger partial charge >= 0.3 is 11.9 Å². The van der Waals surface area contributed by atoms with Crippen molar-refractivity contribution in [1.82, 2.24) is 0 Å². The van der Waals surface area contributed by atoms with Gasteiger partial charge < -0.3 is 18.9 Å². The van der Waals surface area contributed by atoms with E-state index < -0.39 is 36.2 Å². The average Bonchev–Trinajstić information content (AvgIpc) is 2.78. The van der Waals surface area contributed by atoms with Gasteiger partial charge in [0.15, 0.2) is 5.78 Å². The van der Waals surface area contributed by atoms with Gasteiger partial charge in [-0.05, 0) is 11.1 Å². The van der Waals surface area contributed by atoms with Crippen molar-refractivity contribution < 1.29 is 33.3 Å². The van der Waals surface area contributed by atoms with Gasteiger partial charge in [0.1, 0.15) is 18.3 Å². The molecule has 0 amide bonds. The Labute approximate surface area is 187 Å². The maximum absolute atomic E-state index is 13.0. The lowest BCUT2D eigenvalue weighted by atomic mass is 9.81. The predicted molar refractivity (Wildman–Crippen MR) is 115 cm³/mol. The van der Waals surface area contributed by atoms with Crippen molar-refractivity contribution >= 4 is 17.7 Å². The molecule has 32 heavy (non-hydrogen) atoms. The number of carbonyl (C=O) groups excluding carboxylic acids is 3. The van der Waals surface area contributed by atoms with Gasteiger partial charge in [-0.25, -0.2) is 0 Å². The van der Waals surface area contributed by atoms with Crippen LogP contribution in [0.15, 0.2) is 60.7 Å². The van der Waals surface area contributed by atoms with Gasteiger partial charge in [-0.1, -0.05) is 60.7 Å². The third-order valence-electron chi connectivity index (χ3n) is 5.23. The Bertz CT molecular complexity index is 897. The smallest absolute Gasteiger partial charge is 0.303 e. The second kappa shape index (κ2) is 11.5. The SMILES string of the molecule is CC(=O)OC[C@H]1CC(=O)[C@H](OCc2ccccc2)[C@@H](OCc2ccccc2)[C@@H]1OC(C)=O. The number of carbonyl (C=O) groups is 3. The molecule has 1 aliphatic carbocycles. The molecule has 1 saturated carbocycles. The highest BCUT2D eigenvalue weighted by Gasteiger charge is 2.48. The molecule has 170 valence electrons. The Morgan fingerprint density at radius 3 is 1.91 bits per heavy atom. The molecule has 7 heteroatoms. The van der Waals surface area contributed by atoms with Gasteiger partial charge in [0.2, 0.25) is 0 Å². The van der Waals surface area contributed by atoms with Crippen molar-refractivity contribution in [3.05, 3.63) is 71.8 Å². The molecule has 4 atom stereocenters. The normalized spacial score (nSPS) is 22.9. The van der Waals surface area contributed by atoms with E-state index in [1.54, 1.807) is 0 Å². The van der Waals surface area contributed by atoms with E-state index in [1.807, 2.05) is 60.7 Å². The van der Waals surface area contributed by atoms with Gasteiger partial charge in [0.05, 0.1) is 19.8 Å². The Morgan fingerprint density at radius 2 is 1.38 bits per heavy atom. The quantitative estimate of drug-likeness (QED) is 0.553. The average molecular weight is 440 g/mol. The monoisotopic (exact) mass is 440 g/mol. The third kappa shape index (κ3) is 6.73. The molecule has 0 spiro atoms. The molecule has 0 bridgehead atoms. The van der Waals surface area contributed by atoms with Crippen LogP contribution in [-0.4, -0.2) is 42.6 Å². The van der Waals surface area contributed by atoms with Crippen LogP contribution in [0.3, 0.4) is 0 Å². The molecule has 2 aromatic rings. The van der Waals surface area contributed by atoms with E-state index in [2.05, 4.69) is 0 Å². The van der Waals surface area contributed by atoms with Crippen LogP contribution >= 0.6 is 0 Å². The van der Waals surface area contributed by atoms with Gasteiger partial charge in [-0.3, -0.25) is 14.4 Å². The number of ketones is 1. The molecule has 1 fully saturated rings. The highest BCUT2D eigenvalue weighted by atomic mass is 16.6. The molecule has 2 aromatic carbocycles. The Hall–Kier alpha value is -3.03. The summed E-state index contributed by atoms with van der Waals surface area (Å²) in [6.07, 6.45) is -2.51. The minimum atomic E-state index is -0.920. The summed E-state index contributed by atoms with van der Waals surface area (Å²) in [5.41, 5.74) is 1.82. The summed E-state index contributed by atoms with van der Waals surface area (Å²) >= 11 is 0. The number of rotatable bonds is 9. The second-order valence-corrected chi connectivity index (χ2v) is 7.79. The number of benzene rings is 2. The Kier molecular flexibility index (Phi) is 8.53. The van der Waals surface area contributed by atoms with Crippen LogP contribution in [0, 0.1) is 5.92 Å². The zero-order valence-electron chi connectivity index (χ0n) is 18.3. The summed E-state index contributed by atoms with van der Waals surface area (Å²) in [7, 11) is 0. The molecule has 0 N–H and O–H groups in total. The topological polar surface area (TPSA) is 88.1 Å². The molecule has 0 unspecified atom stereocenters. The first-order valence-electron chi connectivity index (χ1n) is 10.6. The van der Waals surface area contributed by atoms with Crippen molar-refractivity contribution in [2.24, 2.45) is 5.92 Å². The van der Waals surface area contributed by atoms with Gasteiger partial charge in [-0.15, -0.1) is 0 Å². The lowest BCUT2D eigenvalue weighted by molar-refractivity contribution is -0.198. The summed E-state index contributed by atoms with van der Waals surface area (Å²) in [5.74, 6) is -1.68. The molecule has 3 rings (SSSR count). The van der Waals surface area contributed by atoms with E-state index >= 15 is 0 Å². The third-order valence-corrected chi connectivity index (χ3v) is 5.23. The maximum atomic E-state index is 13.0. The van der Waals surface area contributed by atoms with E-state index in [0.29, 0.717) is 0 Å². The van der Waals surface area contributed by atoms with Crippen LogP contribution in [0.4, 0.5) is 0 Å². The molecular weight excluding hydrogens is 412 g/mol. The fourth-order valence-electron chi connectivity index (χ4n) is 3.74. The first-order valence-corrected chi connectivity index (χ1v) is 10.6. The van der Waals surface area contributed by atoms with E-state index in [-0.39, 0.29) is 32.0 Å². The number of esters is 2. The first-order chi connectivity index (χ1) is 15.4. The minimum Gasteiger partial charge on any atom is -0.465 e. The lowest BCUT2D eigenvalue weighted by Gasteiger charge is -2.40. The molecule has 7 nitrogen and oxygen atoms in total. The highest BCUT2D eigenvalue weighted by Crippen LogP contribution is 2.31. The maximum Gasteiger partial charge on any atom is 0.303 e. The standard InChI is InChI=1S/C25H28O7/c1-17(26)29-16-21-13-22(28)24(30-14-19-9-5-3-6-10-19)25(23(21)32-18(2)27)31-15-20-11-7-4-8-12-20/h3-12,21,23-25H,13-16H2,1-2H3/t21-,23-,24+,25+/m1/s1.